The van der Waals surface area contributed by atoms with Crippen molar-refractivity contribution < 1.29 is 4.79 Å². The Morgan fingerprint density at radius 1 is 0.929 bits per heavy atom. The molecule has 5 nitrogen and oxygen atoms in total. The third kappa shape index (κ3) is 5.16. The topological polar surface area (TPSA) is 67.8 Å². The molecule has 0 aliphatic carbocycles. The molecule has 1 N–H and O–H groups in total. The van der Waals surface area contributed by atoms with Gasteiger partial charge in [0.25, 0.3) is 0 Å². The fourth-order valence-electron chi connectivity index (χ4n) is 2.59. The first-order chi connectivity index (χ1) is 13.5. The number of rotatable bonds is 7. The van der Waals surface area contributed by atoms with E-state index in [4.69, 9.17) is 4.98 Å². The van der Waals surface area contributed by atoms with Gasteiger partial charge in [-0.05, 0) is 20.3 Å². The van der Waals surface area contributed by atoms with Crippen LogP contribution in [0, 0.1) is 0 Å². The first-order valence-corrected chi connectivity index (χ1v) is 10.3. The predicted molar refractivity (Wildman–Crippen MR) is 114 cm³/mol. The Hall–Kier alpha value is -2.73. The molecule has 1 aromatic heterocycles. The molecule has 3 aromatic rings. The second-order valence-electron chi connectivity index (χ2n) is 7.10. The minimum Gasteiger partial charge on any atom is -0.351 e. The van der Waals surface area contributed by atoms with Crippen LogP contribution in [0.4, 0.5) is 0 Å². The Balaban J connectivity index is 1.86. The summed E-state index contributed by atoms with van der Waals surface area (Å²) in [6.45, 7) is 6.07. The van der Waals surface area contributed by atoms with Crippen molar-refractivity contribution >= 4 is 17.7 Å². The van der Waals surface area contributed by atoms with Gasteiger partial charge in [-0.2, -0.15) is 0 Å². The van der Waals surface area contributed by atoms with Crippen LogP contribution >= 0.6 is 11.8 Å². The van der Waals surface area contributed by atoms with E-state index >= 15 is 0 Å². The molecule has 0 bridgehead atoms. The van der Waals surface area contributed by atoms with Crippen LogP contribution in [0.2, 0.25) is 0 Å². The van der Waals surface area contributed by atoms with Crippen LogP contribution in [0.1, 0.15) is 27.2 Å². The van der Waals surface area contributed by atoms with Gasteiger partial charge in [0, 0.05) is 16.7 Å². The molecule has 28 heavy (non-hydrogen) atoms. The van der Waals surface area contributed by atoms with Gasteiger partial charge in [0.1, 0.15) is 11.4 Å². The van der Waals surface area contributed by atoms with E-state index in [2.05, 4.69) is 22.4 Å². The summed E-state index contributed by atoms with van der Waals surface area (Å²) in [6, 6.07) is 19.8. The highest BCUT2D eigenvalue weighted by Gasteiger charge is 2.19. The van der Waals surface area contributed by atoms with E-state index in [9.17, 15) is 4.79 Å². The van der Waals surface area contributed by atoms with E-state index in [0.29, 0.717) is 5.16 Å². The lowest BCUT2D eigenvalue weighted by molar-refractivity contribution is -0.120. The zero-order valence-corrected chi connectivity index (χ0v) is 17.2. The summed E-state index contributed by atoms with van der Waals surface area (Å²) < 4.78 is 0. The summed E-state index contributed by atoms with van der Waals surface area (Å²) in [6.07, 6.45) is 0.866. The Morgan fingerprint density at radius 3 is 2.07 bits per heavy atom. The smallest absolute Gasteiger partial charge is 0.230 e. The van der Waals surface area contributed by atoms with Gasteiger partial charge in [-0.1, -0.05) is 79.3 Å². The molecule has 2 aromatic carbocycles. The van der Waals surface area contributed by atoms with Crippen LogP contribution in [0.5, 0.6) is 0 Å². The molecule has 0 aliphatic heterocycles. The molecule has 0 fully saturated rings. The van der Waals surface area contributed by atoms with Crippen molar-refractivity contribution in [2.75, 3.05) is 5.75 Å². The summed E-state index contributed by atoms with van der Waals surface area (Å²) in [5.41, 5.74) is 3.20. The van der Waals surface area contributed by atoms with Crippen molar-refractivity contribution in [3.63, 3.8) is 0 Å². The number of carbonyl (C=O) groups is 1. The van der Waals surface area contributed by atoms with Crippen molar-refractivity contribution in [2.45, 2.75) is 37.9 Å². The molecule has 0 saturated carbocycles. The third-order valence-electron chi connectivity index (χ3n) is 4.46. The number of amides is 1. The SMILES string of the molecule is CCC(C)(C)NC(=O)CSc1nnc(-c2ccccc2)c(-c2ccccc2)n1. The fraction of sp³-hybridized carbons (Fsp3) is 0.273. The summed E-state index contributed by atoms with van der Waals surface area (Å²) in [7, 11) is 0. The van der Waals surface area contributed by atoms with E-state index in [1.54, 1.807) is 0 Å². The van der Waals surface area contributed by atoms with E-state index in [1.807, 2.05) is 74.5 Å². The Morgan fingerprint density at radius 2 is 1.50 bits per heavy atom. The second kappa shape index (κ2) is 8.97. The minimum atomic E-state index is -0.219. The van der Waals surface area contributed by atoms with Gasteiger partial charge in [0.15, 0.2) is 0 Å². The van der Waals surface area contributed by atoms with Crippen molar-refractivity contribution in [2.24, 2.45) is 0 Å². The van der Waals surface area contributed by atoms with Crippen molar-refractivity contribution in [1.29, 1.82) is 0 Å². The van der Waals surface area contributed by atoms with E-state index in [-0.39, 0.29) is 17.2 Å². The first-order valence-electron chi connectivity index (χ1n) is 9.28. The number of benzene rings is 2. The molecular formula is C22H24N4OS. The lowest BCUT2D eigenvalue weighted by atomic mass is 10.0. The van der Waals surface area contributed by atoms with Gasteiger partial charge in [0.2, 0.25) is 11.1 Å². The highest BCUT2D eigenvalue weighted by atomic mass is 32.2. The molecule has 1 amide bonds. The van der Waals surface area contributed by atoms with Gasteiger partial charge >= 0.3 is 0 Å². The summed E-state index contributed by atoms with van der Waals surface area (Å²) in [4.78, 5) is 16.9. The van der Waals surface area contributed by atoms with Crippen molar-refractivity contribution in [3.8, 4) is 22.5 Å². The van der Waals surface area contributed by atoms with Gasteiger partial charge in [-0.3, -0.25) is 4.79 Å². The zero-order valence-electron chi connectivity index (χ0n) is 16.3. The second-order valence-corrected chi connectivity index (χ2v) is 8.04. The molecule has 3 rings (SSSR count). The maximum Gasteiger partial charge on any atom is 0.230 e. The molecule has 0 aliphatic rings. The Labute approximate surface area is 170 Å². The van der Waals surface area contributed by atoms with Crippen LogP contribution in [-0.4, -0.2) is 32.4 Å². The summed E-state index contributed by atoms with van der Waals surface area (Å²) in [5.74, 6) is 0.221. The monoisotopic (exact) mass is 392 g/mol. The molecule has 0 spiro atoms. The Bertz CT molecular complexity index is 930. The number of hydrogen-bond donors (Lipinski definition) is 1. The average molecular weight is 393 g/mol. The van der Waals surface area contributed by atoms with Crippen molar-refractivity contribution in [1.82, 2.24) is 20.5 Å². The summed E-state index contributed by atoms with van der Waals surface area (Å²) in [5, 5.41) is 12.2. The highest BCUT2D eigenvalue weighted by molar-refractivity contribution is 7.99. The normalized spacial score (nSPS) is 11.2. The number of carbonyl (C=O) groups excluding carboxylic acids is 1. The van der Waals surface area contributed by atoms with Crippen LogP contribution in [0.3, 0.4) is 0 Å². The number of nitrogens with one attached hydrogen (secondary N) is 1. The number of hydrogen-bond acceptors (Lipinski definition) is 5. The summed E-state index contributed by atoms with van der Waals surface area (Å²) >= 11 is 1.30. The highest BCUT2D eigenvalue weighted by Crippen LogP contribution is 2.29. The van der Waals surface area contributed by atoms with Crippen LogP contribution in [-0.2, 0) is 4.79 Å². The standard InChI is InChI=1S/C22H24N4OS/c1-4-22(2,3)24-18(27)15-28-21-23-19(16-11-7-5-8-12-16)20(25-26-21)17-13-9-6-10-14-17/h5-14H,4,15H2,1-3H3,(H,24,27). The minimum absolute atomic E-state index is 0.0335. The molecule has 1 heterocycles. The number of nitrogens with zero attached hydrogens (tertiary/aromatic N) is 3. The van der Waals surface area contributed by atoms with Gasteiger partial charge in [-0.15, -0.1) is 10.2 Å². The largest absolute Gasteiger partial charge is 0.351 e. The van der Waals surface area contributed by atoms with Gasteiger partial charge in [0.05, 0.1) is 5.75 Å². The van der Waals surface area contributed by atoms with Crippen LogP contribution in [0.15, 0.2) is 65.8 Å². The van der Waals surface area contributed by atoms with E-state index in [0.717, 1.165) is 28.9 Å². The molecule has 0 atom stereocenters. The molecule has 144 valence electrons. The van der Waals surface area contributed by atoms with Crippen LogP contribution < -0.4 is 5.32 Å². The van der Waals surface area contributed by atoms with E-state index in [1.165, 1.54) is 11.8 Å². The lowest BCUT2D eigenvalue weighted by Crippen LogP contribution is -2.43. The van der Waals surface area contributed by atoms with E-state index < -0.39 is 0 Å². The molecule has 0 unspecified atom stereocenters. The number of aromatic nitrogens is 3. The zero-order chi connectivity index (χ0) is 20.0. The van der Waals surface area contributed by atoms with Gasteiger partial charge in [-0.25, -0.2) is 4.98 Å². The quantitative estimate of drug-likeness (QED) is 0.595. The molecule has 0 saturated heterocycles. The molecule has 6 heteroatoms. The average Bonchev–Trinajstić information content (AvgIpc) is 2.73. The maximum absolute atomic E-state index is 12.2. The molecular weight excluding hydrogens is 368 g/mol. The lowest BCUT2D eigenvalue weighted by Gasteiger charge is -2.24. The molecule has 0 radical (unpaired) electrons. The first kappa shape index (κ1) is 20.0. The predicted octanol–water partition coefficient (Wildman–Crippen LogP) is 4.60. The Kier molecular flexibility index (Phi) is 6.41. The van der Waals surface area contributed by atoms with Crippen molar-refractivity contribution in [3.05, 3.63) is 60.7 Å². The van der Waals surface area contributed by atoms with Crippen LogP contribution in [0.25, 0.3) is 22.5 Å². The third-order valence-corrected chi connectivity index (χ3v) is 5.29. The number of thioether (sulfide) groups is 1. The fourth-order valence-corrected chi connectivity index (χ4v) is 3.18. The van der Waals surface area contributed by atoms with Gasteiger partial charge < -0.3 is 5.32 Å². The maximum atomic E-state index is 12.2.